The lowest BCUT2D eigenvalue weighted by atomic mass is 9.65. The number of methoxy groups -OCH3 is 1. The van der Waals surface area contributed by atoms with Gasteiger partial charge in [-0.1, -0.05) is 62.9 Å². The average Bonchev–Trinajstić information content (AvgIpc) is 2.98. The number of nitrogens with one attached hydrogen (secondary N) is 1. The Morgan fingerprint density at radius 2 is 1.83 bits per heavy atom. The van der Waals surface area contributed by atoms with E-state index in [0.717, 1.165) is 34.1 Å². The zero-order chi connectivity index (χ0) is 20.8. The van der Waals surface area contributed by atoms with E-state index in [2.05, 4.69) is 27.3 Å². The lowest BCUT2D eigenvalue weighted by Crippen LogP contribution is -2.52. The van der Waals surface area contributed by atoms with Crippen molar-refractivity contribution in [2.45, 2.75) is 36.6 Å². The monoisotopic (exact) mass is 513 g/mol. The number of carbonyl (C=O) groups is 1. The number of fused-ring (bicyclic) bond motifs is 2. The van der Waals surface area contributed by atoms with Gasteiger partial charge in [0.2, 0.25) is 0 Å². The third-order valence-corrected chi connectivity index (χ3v) is 8.16. The van der Waals surface area contributed by atoms with Gasteiger partial charge in [0.05, 0.1) is 17.2 Å². The summed E-state index contributed by atoms with van der Waals surface area (Å²) in [6, 6.07) is 11.3. The molecule has 0 bridgehead atoms. The molecule has 1 spiro atoms. The summed E-state index contributed by atoms with van der Waals surface area (Å²) in [5, 5.41) is 5.14. The zero-order valence-corrected chi connectivity index (χ0v) is 19.6. The number of hydrogen-bond acceptors (Lipinski definition) is 3. The van der Waals surface area contributed by atoms with Crippen LogP contribution in [0.2, 0.25) is 15.1 Å². The second kappa shape index (κ2) is 7.81. The lowest BCUT2D eigenvalue weighted by Gasteiger charge is -2.45. The standard InChI is InChI=1S/C22H19BrCl3NO2/c1-29-20(28)22(27-14-4-2-3-13(24)11-14)9-7-21(8-10-22)16-5-6-17(25)19(26)15(16)12-18(21)23/h2-6,11-12,27H,7-10H2,1H3. The van der Waals surface area contributed by atoms with Crippen LogP contribution in [0.5, 0.6) is 0 Å². The molecular weight excluding hydrogens is 497 g/mol. The third kappa shape index (κ3) is 3.48. The second-order valence-corrected chi connectivity index (χ2v) is 9.68. The summed E-state index contributed by atoms with van der Waals surface area (Å²) in [7, 11) is 1.43. The molecule has 0 saturated heterocycles. The number of esters is 1. The molecular formula is C22H19BrCl3NO2. The molecule has 7 heteroatoms. The first-order chi connectivity index (χ1) is 13.8. The molecule has 1 N–H and O–H groups in total. The van der Waals surface area contributed by atoms with E-state index in [1.54, 1.807) is 6.07 Å². The van der Waals surface area contributed by atoms with E-state index in [1.165, 1.54) is 7.11 Å². The van der Waals surface area contributed by atoms with Crippen molar-refractivity contribution >= 4 is 68.5 Å². The van der Waals surface area contributed by atoms with E-state index < -0.39 is 5.54 Å². The van der Waals surface area contributed by atoms with E-state index >= 15 is 0 Å². The van der Waals surface area contributed by atoms with Gasteiger partial charge in [-0.05, 0) is 67.2 Å². The number of halogens is 4. The molecule has 3 nitrogen and oxygen atoms in total. The molecule has 0 aliphatic heterocycles. The minimum Gasteiger partial charge on any atom is -0.467 e. The summed E-state index contributed by atoms with van der Waals surface area (Å²) in [6.45, 7) is 0. The van der Waals surface area contributed by atoms with Gasteiger partial charge in [0.1, 0.15) is 5.54 Å². The molecule has 0 radical (unpaired) electrons. The van der Waals surface area contributed by atoms with Gasteiger partial charge in [-0.3, -0.25) is 0 Å². The first-order valence-electron chi connectivity index (χ1n) is 9.30. The summed E-state index contributed by atoms with van der Waals surface area (Å²) in [6.07, 6.45) is 4.79. The topological polar surface area (TPSA) is 38.3 Å². The summed E-state index contributed by atoms with van der Waals surface area (Å²) in [4.78, 5) is 12.8. The molecule has 0 amide bonds. The molecule has 4 rings (SSSR count). The van der Waals surface area contributed by atoms with E-state index in [-0.39, 0.29) is 11.4 Å². The van der Waals surface area contributed by atoms with Gasteiger partial charge in [-0.15, -0.1) is 0 Å². The van der Waals surface area contributed by atoms with Crippen molar-refractivity contribution in [3.8, 4) is 0 Å². The summed E-state index contributed by atoms with van der Waals surface area (Å²) in [5.41, 5.74) is 1.89. The van der Waals surface area contributed by atoms with Crippen LogP contribution in [0.3, 0.4) is 0 Å². The predicted octanol–water partition coefficient (Wildman–Crippen LogP) is 7.23. The van der Waals surface area contributed by atoms with Crippen LogP contribution >= 0.6 is 50.7 Å². The van der Waals surface area contributed by atoms with Crippen LogP contribution < -0.4 is 5.32 Å². The molecule has 2 aromatic rings. The molecule has 2 aromatic carbocycles. The highest BCUT2D eigenvalue weighted by atomic mass is 79.9. The van der Waals surface area contributed by atoms with Crippen molar-refractivity contribution in [1.29, 1.82) is 0 Å². The largest absolute Gasteiger partial charge is 0.467 e. The average molecular weight is 516 g/mol. The molecule has 29 heavy (non-hydrogen) atoms. The van der Waals surface area contributed by atoms with Crippen molar-refractivity contribution in [3.05, 3.63) is 67.1 Å². The van der Waals surface area contributed by atoms with Crippen molar-refractivity contribution in [1.82, 2.24) is 0 Å². The van der Waals surface area contributed by atoms with Crippen LogP contribution in [0.15, 0.2) is 40.9 Å². The van der Waals surface area contributed by atoms with Gasteiger partial charge in [0.15, 0.2) is 0 Å². The molecule has 2 aliphatic rings. The van der Waals surface area contributed by atoms with Crippen LogP contribution in [-0.2, 0) is 14.9 Å². The van der Waals surface area contributed by atoms with E-state index in [4.69, 9.17) is 39.5 Å². The van der Waals surface area contributed by atoms with E-state index in [9.17, 15) is 4.79 Å². The predicted molar refractivity (Wildman–Crippen MR) is 123 cm³/mol. The smallest absolute Gasteiger partial charge is 0.331 e. The zero-order valence-electron chi connectivity index (χ0n) is 15.7. The van der Waals surface area contributed by atoms with Crippen molar-refractivity contribution < 1.29 is 9.53 Å². The molecule has 0 aromatic heterocycles. The second-order valence-electron chi connectivity index (χ2n) is 7.61. The quantitative estimate of drug-likeness (QED) is 0.438. The van der Waals surface area contributed by atoms with Gasteiger partial charge < -0.3 is 10.1 Å². The Morgan fingerprint density at radius 3 is 2.48 bits per heavy atom. The Morgan fingerprint density at radius 1 is 1.10 bits per heavy atom. The van der Waals surface area contributed by atoms with Crippen molar-refractivity contribution in [3.63, 3.8) is 0 Å². The number of rotatable bonds is 3. The van der Waals surface area contributed by atoms with Crippen molar-refractivity contribution in [2.24, 2.45) is 0 Å². The van der Waals surface area contributed by atoms with Crippen LogP contribution in [0.25, 0.3) is 6.08 Å². The van der Waals surface area contributed by atoms with Gasteiger partial charge in [-0.2, -0.15) is 0 Å². The highest BCUT2D eigenvalue weighted by Crippen LogP contribution is 2.57. The first kappa shape index (κ1) is 21.0. The number of anilines is 1. The van der Waals surface area contributed by atoms with Crippen molar-refractivity contribution in [2.75, 3.05) is 12.4 Å². The number of allylic oxidation sites excluding steroid dienone is 1. The Bertz CT molecular complexity index is 1010. The van der Waals surface area contributed by atoms with Gasteiger partial charge in [-0.25, -0.2) is 4.79 Å². The van der Waals surface area contributed by atoms with E-state index in [1.807, 2.05) is 30.3 Å². The lowest BCUT2D eigenvalue weighted by molar-refractivity contribution is -0.147. The Balaban J connectivity index is 1.67. The molecule has 1 fully saturated rings. The fourth-order valence-corrected chi connectivity index (χ4v) is 5.96. The van der Waals surface area contributed by atoms with Gasteiger partial charge in [0, 0.05) is 20.6 Å². The van der Waals surface area contributed by atoms with Crippen LogP contribution in [0.4, 0.5) is 5.69 Å². The molecule has 0 atom stereocenters. The van der Waals surface area contributed by atoms with Crippen LogP contribution in [0.1, 0.15) is 36.8 Å². The summed E-state index contributed by atoms with van der Waals surface area (Å²) < 4.78 is 6.25. The maximum Gasteiger partial charge on any atom is 0.331 e. The first-order valence-corrected chi connectivity index (χ1v) is 11.2. The Hall–Kier alpha value is -1.20. The van der Waals surface area contributed by atoms with Gasteiger partial charge in [0.25, 0.3) is 0 Å². The fourth-order valence-electron chi connectivity index (χ4n) is 4.55. The Kier molecular flexibility index (Phi) is 5.67. The molecule has 152 valence electrons. The number of carbonyl (C=O) groups excluding carboxylic acids is 1. The number of ether oxygens (including phenoxy) is 1. The fraction of sp³-hybridized carbons (Fsp3) is 0.318. The minimum absolute atomic E-state index is 0.211. The summed E-state index contributed by atoms with van der Waals surface area (Å²) >= 11 is 22.6. The number of benzene rings is 2. The Labute approximate surface area is 193 Å². The van der Waals surface area contributed by atoms with Crippen LogP contribution in [-0.4, -0.2) is 18.6 Å². The SMILES string of the molecule is COC(=O)C1(Nc2cccc(Cl)c2)CCC2(CC1)C(Br)=Cc1c2ccc(Cl)c1Cl. The maximum absolute atomic E-state index is 12.8. The molecule has 0 unspecified atom stereocenters. The highest BCUT2D eigenvalue weighted by Gasteiger charge is 2.52. The summed E-state index contributed by atoms with van der Waals surface area (Å²) in [5.74, 6) is -0.264. The molecule has 1 saturated carbocycles. The van der Waals surface area contributed by atoms with Crippen LogP contribution in [0, 0.1) is 0 Å². The van der Waals surface area contributed by atoms with E-state index in [0.29, 0.717) is 27.9 Å². The van der Waals surface area contributed by atoms with Gasteiger partial charge >= 0.3 is 5.97 Å². The molecule has 0 heterocycles. The highest BCUT2D eigenvalue weighted by molar-refractivity contribution is 9.11. The maximum atomic E-state index is 12.8. The third-order valence-electron chi connectivity index (χ3n) is 6.12. The minimum atomic E-state index is -0.809. The molecule has 2 aliphatic carbocycles. The number of hydrogen-bond donors (Lipinski definition) is 1. The normalized spacial score (nSPS) is 25.5.